The van der Waals surface area contributed by atoms with Crippen molar-refractivity contribution in [1.82, 2.24) is 0 Å². The van der Waals surface area contributed by atoms with Crippen molar-refractivity contribution >= 4 is 70.5 Å². The summed E-state index contributed by atoms with van der Waals surface area (Å²) in [5.41, 5.74) is 12.0. The molecule has 51 heavy (non-hydrogen) atoms. The van der Waals surface area contributed by atoms with Gasteiger partial charge in [-0.3, -0.25) is 0 Å². The lowest BCUT2D eigenvalue weighted by atomic mass is 9.99. The van der Waals surface area contributed by atoms with E-state index in [-0.39, 0.29) is 0 Å². The fourth-order valence-electron chi connectivity index (χ4n) is 7.45. The van der Waals surface area contributed by atoms with Gasteiger partial charge in [0.1, 0.15) is 5.58 Å². The molecule has 10 aromatic rings. The van der Waals surface area contributed by atoms with Crippen LogP contribution in [0.25, 0.3) is 75.5 Å². The predicted octanol–water partition coefficient (Wildman–Crippen LogP) is 14.4. The molecule has 8 aromatic carbocycles. The number of hydrogen-bond acceptors (Lipinski definition) is 3. The maximum atomic E-state index is 6.97. The zero-order valence-electron chi connectivity index (χ0n) is 27.7. The SMILES string of the molecule is c1ccc(-c2cccc(-c3ccc(N(c4cccc5c4oc4c(-c6ccccc6)cccc45)c4cccc5c4sc4ccccc45)cc3)c2)cc1. The number of furan rings is 1. The first kappa shape index (κ1) is 29.5. The average Bonchev–Trinajstić information content (AvgIpc) is 3.79. The van der Waals surface area contributed by atoms with Gasteiger partial charge in [0.25, 0.3) is 0 Å². The third-order valence-electron chi connectivity index (χ3n) is 9.88. The number of rotatable bonds is 6. The number of thiophene rings is 1. The lowest BCUT2D eigenvalue weighted by molar-refractivity contribution is 0.670. The lowest BCUT2D eigenvalue weighted by Gasteiger charge is -2.26. The second-order valence-electron chi connectivity index (χ2n) is 12.9. The molecule has 2 heterocycles. The van der Waals surface area contributed by atoms with Gasteiger partial charge in [-0.25, -0.2) is 0 Å². The molecule has 2 nitrogen and oxygen atoms in total. The molecule has 240 valence electrons. The second kappa shape index (κ2) is 12.2. The Labute approximate surface area is 300 Å². The molecule has 0 spiro atoms. The summed E-state index contributed by atoms with van der Waals surface area (Å²) >= 11 is 1.84. The van der Waals surface area contributed by atoms with Crippen molar-refractivity contribution in [2.24, 2.45) is 0 Å². The van der Waals surface area contributed by atoms with Crippen LogP contribution in [0, 0.1) is 0 Å². The van der Waals surface area contributed by atoms with Gasteiger partial charge in [-0.15, -0.1) is 11.3 Å². The van der Waals surface area contributed by atoms with Crippen molar-refractivity contribution in [3.8, 4) is 33.4 Å². The molecule has 2 aromatic heterocycles. The van der Waals surface area contributed by atoms with E-state index < -0.39 is 0 Å². The Bertz CT molecular complexity index is 2850. The van der Waals surface area contributed by atoms with Gasteiger partial charge in [0.15, 0.2) is 5.58 Å². The Kier molecular flexibility index (Phi) is 7.04. The van der Waals surface area contributed by atoms with Crippen LogP contribution in [0.15, 0.2) is 192 Å². The number of nitrogens with zero attached hydrogens (tertiary/aromatic N) is 1. The third kappa shape index (κ3) is 5.01. The number of fused-ring (bicyclic) bond motifs is 6. The summed E-state index contributed by atoms with van der Waals surface area (Å²) < 4.78 is 9.50. The van der Waals surface area contributed by atoms with Gasteiger partial charge < -0.3 is 9.32 Å². The fourth-order valence-corrected chi connectivity index (χ4v) is 8.66. The topological polar surface area (TPSA) is 16.4 Å². The monoisotopic (exact) mass is 669 g/mol. The van der Waals surface area contributed by atoms with Crippen LogP contribution >= 0.6 is 11.3 Å². The van der Waals surface area contributed by atoms with Gasteiger partial charge in [0, 0.05) is 37.5 Å². The summed E-state index contributed by atoms with van der Waals surface area (Å²) in [6.07, 6.45) is 0. The minimum Gasteiger partial charge on any atom is -0.453 e. The molecule has 0 unspecified atom stereocenters. The maximum absolute atomic E-state index is 6.97. The number of hydrogen-bond donors (Lipinski definition) is 0. The molecule has 0 aliphatic carbocycles. The van der Waals surface area contributed by atoms with E-state index in [9.17, 15) is 0 Å². The summed E-state index contributed by atoms with van der Waals surface area (Å²) in [6, 6.07) is 67.2. The molecular formula is C48H31NOS. The molecule has 0 N–H and O–H groups in total. The summed E-state index contributed by atoms with van der Waals surface area (Å²) in [7, 11) is 0. The number of anilines is 3. The minimum atomic E-state index is 0.869. The summed E-state index contributed by atoms with van der Waals surface area (Å²) in [5, 5.41) is 4.75. The molecular weight excluding hydrogens is 639 g/mol. The molecule has 0 saturated carbocycles. The van der Waals surface area contributed by atoms with Gasteiger partial charge >= 0.3 is 0 Å². The second-order valence-corrected chi connectivity index (χ2v) is 13.9. The minimum absolute atomic E-state index is 0.869. The van der Waals surface area contributed by atoms with Gasteiger partial charge in [0.05, 0.1) is 16.1 Å². The Morgan fingerprint density at radius 3 is 1.69 bits per heavy atom. The zero-order valence-corrected chi connectivity index (χ0v) is 28.5. The predicted molar refractivity (Wildman–Crippen MR) is 218 cm³/mol. The van der Waals surface area contributed by atoms with Crippen LogP contribution in [0.5, 0.6) is 0 Å². The van der Waals surface area contributed by atoms with E-state index in [2.05, 4.69) is 193 Å². The van der Waals surface area contributed by atoms with Crippen molar-refractivity contribution in [2.45, 2.75) is 0 Å². The van der Waals surface area contributed by atoms with E-state index >= 15 is 0 Å². The smallest absolute Gasteiger partial charge is 0.159 e. The van der Waals surface area contributed by atoms with E-state index in [1.807, 2.05) is 11.3 Å². The van der Waals surface area contributed by atoms with Gasteiger partial charge in [-0.2, -0.15) is 0 Å². The average molecular weight is 670 g/mol. The molecule has 10 rings (SSSR count). The Morgan fingerprint density at radius 2 is 0.922 bits per heavy atom. The van der Waals surface area contributed by atoms with Crippen molar-refractivity contribution in [3.05, 3.63) is 188 Å². The molecule has 0 bridgehead atoms. The highest BCUT2D eigenvalue weighted by Gasteiger charge is 2.23. The molecule has 0 fully saturated rings. The van der Waals surface area contributed by atoms with Gasteiger partial charge in [-0.05, 0) is 64.2 Å². The first-order chi connectivity index (χ1) is 25.3. The van der Waals surface area contributed by atoms with Crippen LogP contribution < -0.4 is 4.90 Å². The van der Waals surface area contributed by atoms with E-state index in [0.717, 1.165) is 50.1 Å². The van der Waals surface area contributed by atoms with Crippen molar-refractivity contribution in [1.29, 1.82) is 0 Å². The highest BCUT2D eigenvalue weighted by Crippen LogP contribution is 2.48. The van der Waals surface area contributed by atoms with Crippen molar-refractivity contribution in [3.63, 3.8) is 0 Å². The van der Waals surface area contributed by atoms with Crippen molar-refractivity contribution < 1.29 is 4.42 Å². The summed E-state index contributed by atoms with van der Waals surface area (Å²) in [4.78, 5) is 2.38. The quantitative estimate of drug-likeness (QED) is 0.175. The van der Waals surface area contributed by atoms with Crippen LogP contribution in [-0.4, -0.2) is 0 Å². The van der Waals surface area contributed by atoms with Gasteiger partial charge in [0.2, 0.25) is 0 Å². The Balaban J connectivity index is 1.18. The van der Waals surface area contributed by atoms with Crippen molar-refractivity contribution in [2.75, 3.05) is 4.90 Å². The molecule has 0 radical (unpaired) electrons. The molecule has 0 aliphatic heterocycles. The van der Waals surface area contributed by atoms with Gasteiger partial charge in [-0.1, -0.05) is 152 Å². The highest BCUT2D eigenvalue weighted by atomic mass is 32.1. The van der Waals surface area contributed by atoms with Crippen LogP contribution in [0.4, 0.5) is 17.1 Å². The van der Waals surface area contributed by atoms with E-state index in [4.69, 9.17) is 4.42 Å². The van der Waals surface area contributed by atoms with Crippen LogP contribution in [0.3, 0.4) is 0 Å². The molecule has 0 aliphatic rings. The summed E-state index contributed by atoms with van der Waals surface area (Å²) in [5.74, 6) is 0. The van der Waals surface area contributed by atoms with E-state index in [0.29, 0.717) is 0 Å². The third-order valence-corrected chi connectivity index (χ3v) is 11.1. The molecule has 0 amide bonds. The summed E-state index contributed by atoms with van der Waals surface area (Å²) in [6.45, 7) is 0. The number of para-hydroxylation sites is 2. The van der Waals surface area contributed by atoms with E-state index in [1.54, 1.807) is 0 Å². The molecule has 0 saturated heterocycles. The number of benzene rings is 8. The Morgan fingerprint density at radius 1 is 0.373 bits per heavy atom. The van der Waals surface area contributed by atoms with Crippen LogP contribution in [-0.2, 0) is 0 Å². The normalized spacial score (nSPS) is 11.5. The lowest BCUT2D eigenvalue weighted by Crippen LogP contribution is -2.10. The first-order valence-electron chi connectivity index (χ1n) is 17.3. The zero-order chi connectivity index (χ0) is 33.7. The largest absolute Gasteiger partial charge is 0.453 e. The van der Waals surface area contributed by atoms with E-state index in [1.165, 1.54) is 42.4 Å². The standard InChI is InChI=1S/C48H31NOS/c1-3-13-32(14-4-1)35-17-9-18-36(31-35)33-27-29-37(30-28-33)49(44-25-12-23-42-39-19-7-8-26-45(39)51-48(42)44)43-24-11-22-41-40-21-10-20-38(46(40)50-47(41)43)34-15-5-2-6-16-34/h1-31H. The fraction of sp³-hybridized carbons (Fsp3) is 0. The molecule has 0 atom stereocenters. The molecule has 3 heteroatoms. The van der Waals surface area contributed by atoms with Crippen LogP contribution in [0.1, 0.15) is 0 Å². The maximum Gasteiger partial charge on any atom is 0.159 e. The first-order valence-corrected chi connectivity index (χ1v) is 18.1. The van der Waals surface area contributed by atoms with Crippen LogP contribution in [0.2, 0.25) is 0 Å². The highest BCUT2D eigenvalue weighted by molar-refractivity contribution is 7.26. The Hall–Kier alpha value is -6.42.